The maximum atomic E-state index is 12.9. The lowest BCUT2D eigenvalue weighted by molar-refractivity contribution is -0.141. The number of nitrogens with one attached hydrogen (secondary N) is 1. The first-order chi connectivity index (χ1) is 16.8. The van der Waals surface area contributed by atoms with Crippen molar-refractivity contribution in [2.75, 3.05) is 13.7 Å². The molecule has 1 atom stereocenters. The highest BCUT2D eigenvalue weighted by molar-refractivity contribution is 5.97. The van der Waals surface area contributed by atoms with Gasteiger partial charge in [-0.25, -0.2) is 9.59 Å². The van der Waals surface area contributed by atoms with Crippen LogP contribution in [-0.4, -0.2) is 58.1 Å². The second-order valence-corrected chi connectivity index (χ2v) is 9.19. The van der Waals surface area contributed by atoms with Gasteiger partial charge in [0.1, 0.15) is 17.3 Å². The average molecular weight is 508 g/mol. The van der Waals surface area contributed by atoms with Gasteiger partial charge >= 0.3 is 18.2 Å². The zero-order chi connectivity index (χ0) is 26.7. The van der Waals surface area contributed by atoms with Gasteiger partial charge < -0.3 is 14.8 Å². The fourth-order valence-electron chi connectivity index (χ4n) is 3.70. The van der Waals surface area contributed by atoms with Crippen molar-refractivity contribution >= 4 is 18.0 Å². The lowest BCUT2D eigenvalue weighted by Crippen LogP contribution is -2.47. The zero-order valence-corrected chi connectivity index (χ0v) is 20.3. The average Bonchev–Trinajstić information content (AvgIpc) is 3.31. The predicted molar refractivity (Wildman–Crippen MR) is 122 cm³/mol. The van der Waals surface area contributed by atoms with E-state index >= 15 is 0 Å². The highest BCUT2D eigenvalue weighted by Gasteiger charge is 2.36. The molecule has 3 heterocycles. The van der Waals surface area contributed by atoms with E-state index in [4.69, 9.17) is 9.47 Å². The van der Waals surface area contributed by atoms with Gasteiger partial charge in [-0.2, -0.15) is 13.2 Å². The Hall–Kier alpha value is -3.70. The largest absolute Gasteiger partial charge is 0.465 e. The van der Waals surface area contributed by atoms with Crippen LogP contribution in [-0.2, 0) is 27.0 Å². The van der Waals surface area contributed by atoms with Gasteiger partial charge in [-0.15, -0.1) is 0 Å². The van der Waals surface area contributed by atoms with Gasteiger partial charge in [0.05, 0.1) is 24.9 Å². The summed E-state index contributed by atoms with van der Waals surface area (Å²) in [7, 11) is 1.17. The molecule has 1 aliphatic rings. The molecule has 3 rings (SSSR count). The molecule has 1 N–H and O–H groups in total. The van der Waals surface area contributed by atoms with Crippen LogP contribution in [0.5, 0.6) is 0 Å². The van der Waals surface area contributed by atoms with Crippen LogP contribution in [0.2, 0.25) is 0 Å². The lowest BCUT2D eigenvalue weighted by Gasteiger charge is -2.28. The molecule has 0 bridgehead atoms. The van der Waals surface area contributed by atoms with E-state index in [0.717, 1.165) is 12.3 Å². The summed E-state index contributed by atoms with van der Waals surface area (Å²) in [6, 6.07) is 2.77. The molecule has 1 fully saturated rings. The van der Waals surface area contributed by atoms with Gasteiger partial charge in [-0.05, 0) is 45.7 Å². The molecule has 9 nitrogen and oxygen atoms in total. The van der Waals surface area contributed by atoms with Gasteiger partial charge in [-0.1, -0.05) is 6.07 Å². The van der Waals surface area contributed by atoms with Gasteiger partial charge in [0.25, 0.3) is 0 Å². The Morgan fingerprint density at radius 1 is 1.14 bits per heavy atom. The summed E-state index contributed by atoms with van der Waals surface area (Å²) in [6.07, 6.45) is -1.83. The van der Waals surface area contributed by atoms with Crippen molar-refractivity contribution in [1.29, 1.82) is 0 Å². The molecule has 2 aromatic heterocycles. The van der Waals surface area contributed by atoms with E-state index in [-0.39, 0.29) is 23.2 Å². The summed E-state index contributed by atoms with van der Waals surface area (Å²) in [5.41, 5.74) is -0.911. The Labute approximate surface area is 206 Å². The van der Waals surface area contributed by atoms with E-state index in [2.05, 4.69) is 15.3 Å². The second kappa shape index (κ2) is 10.5. The SMILES string of the molecule is COC(=O)c1cnc(CNC(=O)[C@@H]2CCCN2C(=O)OC(C)(C)C)cc1-c1ccc(C(F)(F)F)nc1. The number of aromatic nitrogens is 2. The third kappa shape index (κ3) is 6.49. The third-order valence-corrected chi connectivity index (χ3v) is 5.36. The number of pyridine rings is 2. The molecule has 0 spiro atoms. The minimum atomic E-state index is -4.61. The number of carbonyl (C=O) groups excluding carboxylic acids is 3. The van der Waals surface area contributed by atoms with Crippen LogP contribution in [0.3, 0.4) is 0 Å². The Morgan fingerprint density at radius 2 is 1.86 bits per heavy atom. The molecule has 0 radical (unpaired) electrons. The predicted octanol–water partition coefficient (Wildman–Crippen LogP) is 3.96. The number of hydrogen-bond donors (Lipinski definition) is 1. The normalized spacial score (nSPS) is 16.0. The topological polar surface area (TPSA) is 111 Å². The van der Waals surface area contributed by atoms with Crippen molar-refractivity contribution in [3.8, 4) is 11.1 Å². The summed E-state index contributed by atoms with van der Waals surface area (Å²) in [5, 5.41) is 2.73. The van der Waals surface area contributed by atoms with E-state index in [9.17, 15) is 27.6 Å². The summed E-state index contributed by atoms with van der Waals surface area (Å²) < 4.78 is 48.8. The number of esters is 1. The molecule has 0 aliphatic carbocycles. The third-order valence-electron chi connectivity index (χ3n) is 5.36. The monoisotopic (exact) mass is 508 g/mol. The molecule has 2 amide bonds. The number of alkyl halides is 3. The van der Waals surface area contributed by atoms with Gasteiger partial charge in [0, 0.05) is 30.1 Å². The molecule has 2 aromatic rings. The van der Waals surface area contributed by atoms with Crippen LogP contribution in [0.4, 0.5) is 18.0 Å². The van der Waals surface area contributed by atoms with E-state index in [1.165, 1.54) is 30.3 Å². The molecule has 36 heavy (non-hydrogen) atoms. The quantitative estimate of drug-likeness (QED) is 0.609. The fourth-order valence-corrected chi connectivity index (χ4v) is 3.70. The maximum Gasteiger partial charge on any atom is 0.433 e. The number of hydrogen-bond acceptors (Lipinski definition) is 7. The van der Waals surface area contributed by atoms with E-state index < -0.39 is 41.5 Å². The highest BCUT2D eigenvalue weighted by atomic mass is 19.4. The summed E-state index contributed by atoms with van der Waals surface area (Å²) in [6.45, 7) is 5.57. The van der Waals surface area contributed by atoms with Crippen molar-refractivity contribution in [3.05, 3.63) is 47.5 Å². The van der Waals surface area contributed by atoms with E-state index in [0.29, 0.717) is 25.1 Å². The maximum absolute atomic E-state index is 12.9. The summed E-state index contributed by atoms with van der Waals surface area (Å²) in [5.74, 6) is -1.12. The molecular formula is C24H27F3N4O5. The van der Waals surface area contributed by atoms with E-state index in [1.54, 1.807) is 20.8 Å². The minimum absolute atomic E-state index is 0.0287. The second-order valence-electron chi connectivity index (χ2n) is 9.19. The molecule has 1 saturated heterocycles. The standard InChI is InChI=1S/C24H27F3N4O5/c1-23(2,3)36-22(34)31-9-5-6-18(31)20(32)30-12-15-10-16(17(13-28-15)21(33)35-4)14-7-8-19(29-11-14)24(25,26)27/h7-8,10-11,13,18H,5-6,9,12H2,1-4H3,(H,30,32)/t18-/m0/s1. The first-order valence-corrected chi connectivity index (χ1v) is 11.2. The Kier molecular flexibility index (Phi) is 7.85. The Bertz CT molecular complexity index is 1130. The molecule has 0 aromatic carbocycles. The summed E-state index contributed by atoms with van der Waals surface area (Å²) in [4.78, 5) is 46.5. The number of likely N-dealkylation sites (tertiary alicyclic amines) is 1. The van der Waals surface area contributed by atoms with Crippen molar-refractivity contribution < 1.29 is 37.0 Å². The number of halogens is 3. The minimum Gasteiger partial charge on any atom is -0.465 e. The first-order valence-electron chi connectivity index (χ1n) is 11.2. The Balaban J connectivity index is 1.78. The first kappa shape index (κ1) is 26.9. The van der Waals surface area contributed by atoms with Crippen molar-refractivity contribution in [2.24, 2.45) is 0 Å². The number of rotatable bonds is 5. The Morgan fingerprint density at radius 3 is 2.44 bits per heavy atom. The number of methoxy groups -OCH3 is 1. The number of carbonyl (C=O) groups is 3. The fraction of sp³-hybridized carbons (Fsp3) is 0.458. The molecule has 0 unspecified atom stereocenters. The molecular weight excluding hydrogens is 481 g/mol. The lowest BCUT2D eigenvalue weighted by atomic mass is 10.0. The highest BCUT2D eigenvalue weighted by Crippen LogP contribution is 2.30. The van der Waals surface area contributed by atoms with Gasteiger partial charge in [0.2, 0.25) is 5.91 Å². The van der Waals surface area contributed by atoms with Crippen LogP contribution in [0.15, 0.2) is 30.6 Å². The van der Waals surface area contributed by atoms with Crippen molar-refractivity contribution in [1.82, 2.24) is 20.2 Å². The zero-order valence-electron chi connectivity index (χ0n) is 20.3. The summed E-state index contributed by atoms with van der Waals surface area (Å²) >= 11 is 0. The number of amides is 2. The van der Waals surface area contributed by atoms with Crippen molar-refractivity contribution in [3.63, 3.8) is 0 Å². The van der Waals surface area contributed by atoms with Crippen LogP contribution in [0.1, 0.15) is 55.4 Å². The smallest absolute Gasteiger partial charge is 0.433 e. The van der Waals surface area contributed by atoms with Crippen LogP contribution in [0, 0.1) is 0 Å². The van der Waals surface area contributed by atoms with Crippen LogP contribution < -0.4 is 5.32 Å². The molecule has 1 aliphatic heterocycles. The van der Waals surface area contributed by atoms with Crippen molar-refractivity contribution in [2.45, 2.75) is 58.0 Å². The van der Waals surface area contributed by atoms with Gasteiger partial charge in [-0.3, -0.25) is 19.7 Å². The number of ether oxygens (including phenoxy) is 2. The van der Waals surface area contributed by atoms with Crippen LogP contribution in [0.25, 0.3) is 11.1 Å². The molecule has 12 heteroatoms. The molecule has 194 valence electrons. The van der Waals surface area contributed by atoms with Crippen LogP contribution >= 0.6 is 0 Å². The van der Waals surface area contributed by atoms with Gasteiger partial charge in [0.15, 0.2) is 0 Å². The molecule has 0 saturated carbocycles. The van der Waals surface area contributed by atoms with E-state index in [1.807, 2.05) is 0 Å². The number of nitrogens with zero attached hydrogens (tertiary/aromatic N) is 3.